The maximum atomic E-state index is 13.6. The molecular weight excluding hydrogens is 527 g/mol. The molecule has 11 heteroatoms. The van der Waals surface area contributed by atoms with E-state index < -0.39 is 24.6 Å². The van der Waals surface area contributed by atoms with Crippen LogP contribution in [0.5, 0.6) is 5.75 Å². The van der Waals surface area contributed by atoms with Crippen LogP contribution in [0.3, 0.4) is 0 Å². The highest BCUT2D eigenvalue weighted by molar-refractivity contribution is 7.07. The predicted octanol–water partition coefficient (Wildman–Crippen LogP) is 3.57. The second-order valence-electron chi connectivity index (χ2n) is 7.71. The van der Waals surface area contributed by atoms with Crippen molar-refractivity contribution in [1.29, 1.82) is 0 Å². The molecule has 0 spiro atoms. The Balaban J connectivity index is 1.85. The molecule has 0 aliphatic carbocycles. The molecule has 2 heterocycles. The van der Waals surface area contributed by atoms with Crippen LogP contribution >= 0.6 is 34.5 Å². The van der Waals surface area contributed by atoms with Crippen LogP contribution in [-0.4, -0.2) is 34.8 Å². The SMILES string of the molecule is CCOC(=O)C1=C(C)N=c2sc(=Cc3cc(Cl)c(OCC(=O)O)c(Cl)c3)c(=O)n2C1c1ccccc1. The largest absolute Gasteiger partial charge is 0.479 e. The van der Waals surface area contributed by atoms with Crippen LogP contribution in [0.25, 0.3) is 6.08 Å². The van der Waals surface area contributed by atoms with E-state index in [9.17, 15) is 14.4 Å². The van der Waals surface area contributed by atoms with Gasteiger partial charge < -0.3 is 14.6 Å². The fourth-order valence-electron chi connectivity index (χ4n) is 3.83. The number of fused-ring (bicyclic) bond motifs is 1. The highest BCUT2D eigenvalue weighted by atomic mass is 35.5. The Morgan fingerprint density at radius 3 is 2.47 bits per heavy atom. The molecule has 1 aliphatic rings. The van der Waals surface area contributed by atoms with Crippen molar-refractivity contribution in [3.63, 3.8) is 0 Å². The Hall–Kier alpha value is -3.40. The molecule has 186 valence electrons. The molecule has 0 bridgehead atoms. The third-order valence-corrected chi connectivity index (χ3v) is 6.84. The molecule has 2 aromatic carbocycles. The lowest BCUT2D eigenvalue weighted by Crippen LogP contribution is -2.39. The zero-order valence-corrected chi connectivity index (χ0v) is 21.5. The normalized spacial score (nSPS) is 15.3. The number of ether oxygens (including phenoxy) is 2. The third kappa shape index (κ3) is 5.09. The van der Waals surface area contributed by atoms with E-state index >= 15 is 0 Å². The summed E-state index contributed by atoms with van der Waals surface area (Å²) in [6.07, 6.45) is 1.61. The number of halogens is 2. The third-order valence-electron chi connectivity index (χ3n) is 5.29. The molecule has 1 aliphatic heterocycles. The number of esters is 1. The molecule has 1 atom stereocenters. The fraction of sp³-hybridized carbons (Fsp3) is 0.200. The van der Waals surface area contributed by atoms with Crippen LogP contribution in [0.1, 0.15) is 31.0 Å². The first-order valence-corrected chi connectivity index (χ1v) is 12.4. The molecular formula is C25H20Cl2N2O6S. The lowest BCUT2D eigenvalue weighted by atomic mass is 9.96. The van der Waals surface area contributed by atoms with Crippen LogP contribution in [0, 0.1) is 0 Å². The zero-order valence-electron chi connectivity index (χ0n) is 19.2. The molecule has 0 fully saturated rings. The average Bonchev–Trinajstić information content (AvgIpc) is 3.12. The molecule has 0 amide bonds. The van der Waals surface area contributed by atoms with Gasteiger partial charge in [0.15, 0.2) is 17.2 Å². The van der Waals surface area contributed by atoms with Gasteiger partial charge in [-0.1, -0.05) is 64.9 Å². The molecule has 0 radical (unpaired) electrons. The van der Waals surface area contributed by atoms with Crippen molar-refractivity contribution in [3.05, 3.63) is 94.6 Å². The molecule has 4 rings (SSSR count). The van der Waals surface area contributed by atoms with Gasteiger partial charge in [0.25, 0.3) is 5.56 Å². The summed E-state index contributed by atoms with van der Waals surface area (Å²) in [7, 11) is 0. The molecule has 0 saturated heterocycles. The summed E-state index contributed by atoms with van der Waals surface area (Å²) < 4.78 is 12.3. The Morgan fingerprint density at radius 2 is 1.86 bits per heavy atom. The van der Waals surface area contributed by atoms with Crippen LogP contribution < -0.4 is 19.6 Å². The Morgan fingerprint density at radius 1 is 1.19 bits per heavy atom. The summed E-state index contributed by atoms with van der Waals surface area (Å²) in [5.74, 6) is -1.66. The maximum Gasteiger partial charge on any atom is 0.341 e. The van der Waals surface area contributed by atoms with E-state index in [1.165, 1.54) is 16.7 Å². The number of hydrogen-bond acceptors (Lipinski definition) is 7. The van der Waals surface area contributed by atoms with Crippen molar-refractivity contribution in [1.82, 2.24) is 4.57 Å². The number of aliphatic carboxylic acids is 1. The number of aromatic nitrogens is 1. The molecule has 8 nitrogen and oxygen atoms in total. The second kappa shape index (κ2) is 10.7. The van der Waals surface area contributed by atoms with Crippen LogP contribution in [-0.2, 0) is 14.3 Å². The van der Waals surface area contributed by atoms with Gasteiger partial charge in [0.1, 0.15) is 0 Å². The van der Waals surface area contributed by atoms with Gasteiger partial charge >= 0.3 is 11.9 Å². The number of benzene rings is 2. The van der Waals surface area contributed by atoms with E-state index in [1.807, 2.05) is 30.3 Å². The highest BCUT2D eigenvalue weighted by Gasteiger charge is 2.33. The van der Waals surface area contributed by atoms with Crippen molar-refractivity contribution in [2.75, 3.05) is 13.2 Å². The van der Waals surface area contributed by atoms with Gasteiger partial charge in [0.2, 0.25) is 0 Å². The quantitative estimate of drug-likeness (QED) is 0.454. The molecule has 36 heavy (non-hydrogen) atoms. The van der Waals surface area contributed by atoms with E-state index in [2.05, 4.69) is 4.99 Å². The minimum atomic E-state index is -1.17. The Labute approximate surface area is 219 Å². The van der Waals surface area contributed by atoms with Crippen molar-refractivity contribution in [2.24, 2.45) is 4.99 Å². The van der Waals surface area contributed by atoms with Gasteiger partial charge in [-0.25, -0.2) is 14.6 Å². The van der Waals surface area contributed by atoms with E-state index in [1.54, 1.807) is 19.9 Å². The molecule has 3 aromatic rings. The van der Waals surface area contributed by atoms with Gasteiger partial charge in [-0.3, -0.25) is 9.36 Å². The standard InChI is InChI=1S/C25H20Cl2N2O6S/c1-3-34-24(33)20-13(2)28-25-29(21(20)15-7-5-4-6-8-15)23(32)18(36-25)11-14-9-16(26)22(17(27)10-14)35-12-19(30)31/h4-11,21H,3,12H2,1-2H3,(H,30,31). The average molecular weight is 547 g/mol. The number of nitrogens with zero attached hydrogens (tertiary/aromatic N) is 2. The molecule has 1 N–H and O–H groups in total. The predicted molar refractivity (Wildman–Crippen MR) is 136 cm³/mol. The summed E-state index contributed by atoms with van der Waals surface area (Å²) in [4.78, 5) is 42.2. The minimum absolute atomic E-state index is 0.0399. The van der Waals surface area contributed by atoms with Gasteiger partial charge in [0.05, 0.1) is 38.5 Å². The van der Waals surface area contributed by atoms with E-state index in [-0.39, 0.29) is 28.0 Å². The summed E-state index contributed by atoms with van der Waals surface area (Å²) in [5.41, 5.74) is 1.68. The Bertz CT molecular complexity index is 1540. The fourth-order valence-corrected chi connectivity index (χ4v) is 5.49. The van der Waals surface area contributed by atoms with Crippen LogP contribution in [0.2, 0.25) is 10.0 Å². The lowest BCUT2D eigenvalue weighted by Gasteiger charge is -2.24. The van der Waals surface area contributed by atoms with E-state index in [4.69, 9.17) is 37.8 Å². The van der Waals surface area contributed by atoms with Gasteiger partial charge in [-0.15, -0.1) is 0 Å². The number of hydrogen-bond donors (Lipinski definition) is 1. The van der Waals surface area contributed by atoms with E-state index in [0.29, 0.717) is 26.2 Å². The molecule has 0 saturated carbocycles. The highest BCUT2D eigenvalue weighted by Crippen LogP contribution is 2.34. The topological polar surface area (TPSA) is 107 Å². The zero-order chi connectivity index (χ0) is 26.0. The van der Waals surface area contributed by atoms with Gasteiger partial charge in [-0.05, 0) is 43.2 Å². The van der Waals surface area contributed by atoms with Crippen molar-refractivity contribution in [3.8, 4) is 5.75 Å². The number of carbonyl (C=O) groups is 2. The minimum Gasteiger partial charge on any atom is -0.479 e. The number of carbonyl (C=O) groups excluding carboxylic acids is 1. The number of allylic oxidation sites excluding steroid dienone is 1. The first-order chi connectivity index (χ1) is 17.2. The van der Waals surface area contributed by atoms with Crippen molar-refractivity contribution < 1.29 is 24.2 Å². The lowest BCUT2D eigenvalue weighted by molar-refractivity contribution is -0.140. The van der Waals surface area contributed by atoms with Gasteiger partial charge in [0, 0.05) is 0 Å². The van der Waals surface area contributed by atoms with E-state index in [0.717, 1.165) is 16.9 Å². The number of rotatable bonds is 7. The van der Waals surface area contributed by atoms with Crippen LogP contribution in [0.15, 0.2) is 63.5 Å². The smallest absolute Gasteiger partial charge is 0.341 e. The summed E-state index contributed by atoms with van der Waals surface area (Å²) in [6, 6.07) is 11.5. The van der Waals surface area contributed by atoms with Gasteiger partial charge in [-0.2, -0.15) is 0 Å². The number of carboxylic acids is 1. The first-order valence-electron chi connectivity index (χ1n) is 10.8. The number of thiazole rings is 1. The molecule has 1 unspecified atom stereocenters. The summed E-state index contributed by atoms with van der Waals surface area (Å²) in [5, 5.41) is 9.03. The molecule has 1 aromatic heterocycles. The first kappa shape index (κ1) is 25.7. The summed E-state index contributed by atoms with van der Waals surface area (Å²) in [6.45, 7) is 3.03. The Kier molecular flexibility index (Phi) is 7.63. The summed E-state index contributed by atoms with van der Waals surface area (Å²) >= 11 is 13.7. The van der Waals surface area contributed by atoms with Crippen molar-refractivity contribution >= 4 is 52.6 Å². The van der Waals surface area contributed by atoms with Crippen LogP contribution in [0.4, 0.5) is 0 Å². The number of carboxylic acid groups (broad SMARTS) is 1. The second-order valence-corrected chi connectivity index (χ2v) is 9.53. The van der Waals surface area contributed by atoms with Crippen molar-refractivity contribution in [2.45, 2.75) is 19.9 Å². The maximum absolute atomic E-state index is 13.6. The monoisotopic (exact) mass is 546 g/mol.